The zero-order chi connectivity index (χ0) is 11.3. The molecule has 0 bridgehead atoms. The smallest absolute Gasteiger partial charge is 0.240 e. The number of primary amides is 1. The number of amides is 2. The van der Waals surface area contributed by atoms with E-state index in [0.29, 0.717) is 25.9 Å². The molecule has 1 atom stereocenters. The van der Waals surface area contributed by atoms with Gasteiger partial charge >= 0.3 is 0 Å². The zero-order valence-electron chi connectivity index (χ0n) is 9.16. The van der Waals surface area contributed by atoms with Crippen molar-refractivity contribution in [1.29, 1.82) is 0 Å². The van der Waals surface area contributed by atoms with Crippen molar-refractivity contribution in [2.24, 2.45) is 5.73 Å². The number of carbonyl (C=O) groups excluding carboxylic acids is 2. The van der Waals surface area contributed by atoms with Gasteiger partial charge in [-0.3, -0.25) is 9.59 Å². The highest BCUT2D eigenvalue weighted by Gasteiger charge is 2.31. The van der Waals surface area contributed by atoms with Gasteiger partial charge in [-0.15, -0.1) is 0 Å². The first-order valence-electron chi connectivity index (χ1n) is 5.46. The predicted molar refractivity (Wildman–Crippen MR) is 57.1 cm³/mol. The van der Waals surface area contributed by atoms with Crippen LogP contribution in [0.2, 0.25) is 0 Å². The van der Waals surface area contributed by atoms with Gasteiger partial charge in [-0.25, -0.2) is 0 Å². The summed E-state index contributed by atoms with van der Waals surface area (Å²) in [7, 11) is 0. The number of rotatable bonds is 5. The minimum atomic E-state index is -0.385. The van der Waals surface area contributed by atoms with Crippen LogP contribution in [-0.4, -0.2) is 42.4 Å². The predicted octanol–water partition coefficient (Wildman–Crippen LogP) is -0.538. The van der Waals surface area contributed by atoms with Crippen molar-refractivity contribution < 1.29 is 9.59 Å². The molecule has 1 heterocycles. The molecule has 0 spiro atoms. The maximum Gasteiger partial charge on any atom is 0.240 e. The fourth-order valence-electron chi connectivity index (χ4n) is 1.88. The summed E-state index contributed by atoms with van der Waals surface area (Å²) in [5.74, 6) is -0.360. The summed E-state index contributed by atoms with van der Waals surface area (Å²) in [5.41, 5.74) is 5.23. The topological polar surface area (TPSA) is 75.4 Å². The van der Waals surface area contributed by atoms with Crippen LogP contribution >= 0.6 is 0 Å². The van der Waals surface area contributed by atoms with Gasteiger partial charge in [0, 0.05) is 19.5 Å². The summed E-state index contributed by atoms with van der Waals surface area (Å²) < 4.78 is 0. The molecule has 1 fully saturated rings. The molecule has 0 aliphatic carbocycles. The highest BCUT2D eigenvalue weighted by molar-refractivity contribution is 5.87. The number of hydrogen-bond donors (Lipinski definition) is 2. The Morgan fingerprint density at radius 1 is 1.53 bits per heavy atom. The Hall–Kier alpha value is -1.10. The molecule has 1 aliphatic rings. The molecule has 5 nitrogen and oxygen atoms in total. The zero-order valence-corrected chi connectivity index (χ0v) is 9.16. The summed E-state index contributed by atoms with van der Waals surface area (Å²) >= 11 is 0. The lowest BCUT2D eigenvalue weighted by Gasteiger charge is -2.22. The molecule has 1 saturated heterocycles. The van der Waals surface area contributed by atoms with Crippen molar-refractivity contribution in [2.45, 2.75) is 32.2 Å². The third kappa shape index (κ3) is 3.20. The Labute approximate surface area is 90.0 Å². The van der Waals surface area contributed by atoms with Gasteiger partial charge in [0.2, 0.25) is 11.8 Å². The van der Waals surface area contributed by atoms with Gasteiger partial charge in [0.1, 0.15) is 6.04 Å². The van der Waals surface area contributed by atoms with Crippen LogP contribution in [0.3, 0.4) is 0 Å². The van der Waals surface area contributed by atoms with E-state index < -0.39 is 0 Å². The molecule has 0 saturated carbocycles. The van der Waals surface area contributed by atoms with E-state index >= 15 is 0 Å². The molecular weight excluding hydrogens is 194 g/mol. The first-order chi connectivity index (χ1) is 7.16. The largest absolute Gasteiger partial charge is 0.368 e. The van der Waals surface area contributed by atoms with Crippen LogP contribution in [0.15, 0.2) is 0 Å². The van der Waals surface area contributed by atoms with Crippen molar-refractivity contribution in [3.63, 3.8) is 0 Å². The molecule has 0 aromatic rings. The van der Waals surface area contributed by atoms with Crippen LogP contribution in [0.25, 0.3) is 0 Å². The normalized spacial score (nSPS) is 20.6. The molecule has 1 unspecified atom stereocenters. The van der Waals surface area contributed by atoms with Crippen LogP contribution in [0.1, 0.15) is 26.2 Å². The lowest BCUT2D eigenvalue weighted by atomic mass is 10.2. The van der Waals surface area contributed by atoms with Gasteiger partial charge < -0.3 is 16.0 Å². The van der Waals surface area contributed by atoms with E-state index in [4.69, 9.17) is 5.73 Å². The highest BCUT2D eigenvalue weighted by atomic mass is 16.2. The first-order valence-corrected chi connectivity index (χ1v) is 5.46. The molecule has 86 valence electrons. The van der Waals surface area contributed by atoms with E-state index in [0.717, 1.165) is 13.0 Å². The standard InChI is InChI=1S/C10H19N3O2/c1-2-12-6-5-9(14)13-7-3-4-8(13)10(11)15/h8,12H,2-7H2,1H3,(H2,11,15). The van der Waals surface area contributed by atoms with Crippen molar-refractivity contribution in [3.8, 4) is 0 Å². The molecular formula is C10H19N3O2. The minimum Gasteiger partial charge on any atom is -0.368 e. The monoisotopic (exact) mass is 213 g/mol. The Morgan fingerprint density at radius 3 is 2.87 bits per heavy atom. The summed E-state index contributed by atoms with van der Waals surface area (Å²) in [5, 5.41) is 3.08. The van der Waals surface area contributed by atoms with Crippen LogP contribution < -0.4 is 11.1 Å². The van der Waals surface area contributed by atoms with Gasteiger partial charge in [0.15, 0.2) is 0 Å². The van der Waals surface area contributed by atoms with Crippen molar-refractivity contribution in [1.82, 2.24) is 10.2 Å². The average Bonchev–Trinajstić information content (AvgIpc) is 2.66. The molecule has 0 radical (unpaired) electrons. The number of likely N-dealkylation sites (tertiary alicyclic amines) is 1. The maximum atomic E-state index is 11.7. The van der Waals surface area contributed by atoms with E-state index in [1.165, 1.54) is 0 Å². The van der Waals surface area contributed by atoms with Gasteiger partial charge in [0.05, 0.1) is 0 Å². The number of hydrogen-bond acceptors (Lipinski definition) is 3. The molecule has 3 N–H and O–H groups in total. The third-order valence-corrected chi connectivity index (χ3v) is 2.67. The molecule has 1 aliphatic heterocycles. The SMILES string of the molecule is CCNCCC(=O)N1CCCC1C(N)=O. The summed E-state index contributed by atoms with van der Waals surface area (Å²) in [6.07, 6.45) is 2.03. The Balaban J connectivity index is 2.40. The first kappa shape index (κ1) is 12.0. The fourth-order valence-corrected chi connectivity index (χ4v) is 1.88. The van der Waals surface area contributed by atoms with Crippen molar-refractivity contribution >= 4 is 11.8 Å². The summed E-state index contributed by atoms with van der Waals surface area (Å²) in [6, 6.07) is -0.376. The number of nitrogens with two attached hydrogens (primary N) is 1. The van der Waals surface area contributed by atoms with Crippen molar-refractivity contribution in [3.05, 3.63) is 0 Å². The lowest BCUT2D eigenvalue weighted by Crippen LogP contribution is -2.44. The van der Waals surface area contributed by atoms with Crippen molar-refractivity contribution in [2.75, 3.05) is 19.6 Å². The third-order valence-electron chi connectivity index (χ3n) is 2.67. The summed E-state index contributed by atoms with van der Waals surface area (Å²) in [6.45, 7) is 4.18. The summed E-state index contributed by atoms with van der Waals surface area (Å²) in [4.78, 5) is 24.4. The van der Waals surface area contributed by atoms with E-state index in [1.807, 2.05) is 6.92 Å². The van der Waals surface area contributed by atoms with Crippen LogP contribution in [-0.2, 0) is 9.59 Å². The second kappa shape index (κ2) is 5.70. The van der Waals surface area contributed by atoms with Crippen LogP contribution in [0.4, 0.5) is 0 Å². The van der Waals surface area contributed by atoms with E-state index in [-0.39, 0.29) is 17.9 Å². The molecule has 0 aromatic heterocycles. The van der Waals surface area contributed by atoms with E-state index in [2.05, 4.69) is 5.32 Å². The van der Waals surface area contributed by atoms with Gasteiger partial charge in [-0.05, 0) is 19.4 Å². The second-order valence-corrected chi connectivity index (χ2v) is 3.75. The quantitative estimate of drug-likeness (QED) is 0.602. The number of carbonyl (C=O) groups is 2. The maximum absolute atomic E-state index is 11.7. The number of nitrogens with one attached hydrogen (secondary N) is 1. The Morgan fingerprint density at radius 2 is 2.27 bits per heavy atom. The number of nitrogens with zero attached hydrogens (tertiary/aromatic N) is 1. The minimum absolute atomic E-state index is 0.0252. The van der Waals surface area contributed by atoms with Crippen LogP contribution in [0.5, 0.6) is 0 Å². The second-order valence-electron chi connectivity index (χ2n) is 3.75. The highest BCUT2D eigenvalue weighted by Crippen LogP contribution is 2.17. The van der Waals surface area contributed by atoms with Gasteiger partial charge in [-0.2, -0.15) is 0 Å². The van der Waals surface area contributed by atoms with E-state index in [1.54, 1.807) is 4.90 Å². The lowest BCUT2D eigenvalue weighted by molar-refractivity contribution is -0.137. The fraction of sp³-hybridized carbons (Fsp3) is 0.800. The Bertz CT molecular complexity index is 243. The molecule has 0 aromatic carbocycles. The van der Waals surface area contributed by atoms with E-state index in [9.17, 15) is 9.59 Å². The Kier molecular flexibility index (Phi) is 4.55. The molecule has 2 amide bonds. The van der Waals surface area contributed by atoms with Gasteiger partial charge in [0.25, 0.3) is 0 Å². The molecule has 5 heteroatoms. The van der Waals surface area contributed by atoms with Gasteiger partial charge in [-0.1, -0.05) is 6.92 Å². The van der Waals surface area contributed by atoms with Crippen LogP contribution in [0, 0.1) is 0 Å². The molecule has 15 heavy (non-hydrogen) atoms. The average molecular weight is 213 g/mol. The molecule has 1 rings (SSSR count).